The quantitative estimate of drug-likeness (QED) is 0.0222. The molecule has 1 heterocycles. The summed E-state index contributed by atoms with van der Waals surface area (Å²) in [4.78, 5) is 0. The van der Waals surface area contributed by atoms with Crippen LogP contribution in [0, 0.1) is 92.0 Å². The molecule has 0 aliphatic carbocycles. The second-order valence-corrected chi connectivity index (χ2v) is 42.4. The van der Waals surface area contributed by atoms with E-state index < -0.39 is 37.7 Å². The fraction of sp³-hybridized carbons (Fsp3) is 0.275. The molecule has 0 radical (unpaired) electrons. The molecule has 133 heavy (non-hydrogen) atoms. The van der Waals surface area contributed by atoms with Gasteiger partial charge >= 0.3 is 66.5 Å². The average Bonchev–Trinajstić information content (AvgIpc) is 1.05. The number of hydrogen-bond donors (Lipinski definition) is 0. The standard InChI is InChI=1S/2C24H27NOP.2C13H21NO3P.C10H15N3OP.3C7H7.4CH3.Hf.2Ti/c2*1-18(2)22-16-11-17-23(19(3)4)24(22)25-27(26,20-12-7-5-8-13-20)21-14-9-6-10-15-21;2*1-6-16-18(15,17-7-2)14-13-11(4)8-10(3)9-12(13)5;1-12-8-9-13(2)15(12,14)11-10-6-4-3-5-7-10;3*1-7-5-3-2-4-6-7;;;;;;;/h2*5-19H,1-4H3;2*8-9H,6-7H2,1-5H3;3-7H,8-9H2,1-2H3;3*2-6H,1H2;4*1H3;;;/q12*-1;;2*+2/p+5. The predicted molar refractivity (Wildman–Crippen MR) is 571 cm³/mol. The molecule has 1 aliphatic rings. The van der Waals surface area contributed by atoms with Crippen molar-refractivity contribution in [2.24, 2.45) is 0 Å². The Morgan fingerprint density at radius 1 is 0.323 bits per heavy atom. The number of rotatable bonds is 26. The van der Waals surface area contributed by atoms with Gasteiger partial charge in [-0.1, -0.05) is 293 Å². The number of likely N-dealkylation sites (N-methyl/N-ethyl adjacent to an activating group) is 2. The largest absolute Gasteiger partial charge is 2.00 e. The molecule has 714 valence electrons. The van der Waals surface area contributed by atoms with Gasteiger partial charge in [-0.2, -0.15) is 73.9 Å². The maximum Gasteiger partial charge on any atom is 2.00 e. The maximum absolute atomic E-state index is 12.0. The van der Waals surface area contributed by atoms with Crippen LogP contribution in [0.2, 0.25) is 0 Å². The van der Waals surface area contributed by atoms with Gasteiger partial charge in [0.2, 0.25) is 14.6 Å². The molecule has 0 amide bonds. The molecular formula is C109H149HfN7O9P5Ti2-3. The molecule has 24 heteroatoms. The van der Waals surface area contributed by atoms with Crippen LogP contribution in [0.3, 0.4) is 0 Å². The van der Waals surface area contributed by atoms with E-state index in [4.69, 9.17) is 28.3 Å². The molecule has 5 N–H and O–H groups in total. The second-order valence-electron chi connectivity index (χ2n) is 31.5. The van der Waals surface area contributed by atoms with Crippen LogP contribution in [0.25, 0.3) is 25.4 Å². The Kier molecular flexibility index (Phi) is 61.9. The summed E-state index contributed by atoms with van der Waals surface area (Å²) in [5.41, 5.74) is 18.7. The van der Waals surface area contributed by atoms with Crippen molar-refractivity contribution < 1.29 is 110 Å². The van der Waals surface area contributed by atoms with Gasteiger partial charge in [-0.15, -0.1) is 64.8 Å². The van der Waals surface area contributed by atoms with Crippen molar-refractivity contribution in [3.63, 3.8) is 0 Å². The fourth-order valence-corrected chi connectivity index (χ4v) is 22.7. The summed E-state index contributed by atoms with van der Waals surface area (Å²) in [5.74, 6) is 1.34. The van der Waals surface area contributed by atoms with E-state index in [1.54, 1.807) is 0 Å². The van der Waals surface area contributed by atoms with Crippen molar-refractivity contribution >= 4 is 87.3 Å². The zero-order chi connectivity index (χ0) is 92.6. The van der Waals surface area contributed by atoms with Crippen LogP contribution in [-0.4, -0.2) is 85.8 Å². The van der Waals surface area contributed by atoms with E-state index in [1.807, 2.05) is 360 Å². The third-order valence-corrected chi connectivity index (χ3v) is 30.8. The monoisotopic (exact) mass is 2130 g/mol. The van der Waals surface area contributed by atoms with Crippen LogP contribution in [-0.2, 0) is 87.4 Å². The van der Waals surface area contributed by atoms with E-state index in [-0.39, 0.29) is 99.0 Å². The summed E-state index contributed by atoms with van der Waals surface area (Å²) in [6, 6.07) is 99.7. The molecule has 1 fully saturated rings. The first-order chi connectivity index (χ1) is 60.0. The normalized spacial score (nSPS) is 11.7. The first-order valence-corrected chi connectivity index (χ1v) is 51.1. The van der Waals surface area contributed by atoms with Gasteiger partial charge in [0.05, 0.1) is 47.6 Å². The van der Waals surface area contributed by atoms with E-state index in [0.717, 1.165) is 102 Å². The van der Waals surface area contributed by atoms with Crippen LogP contribution >= 0.6 is 37.7 Å². The minimum absolute atomic E-state index is 0. The Hall–Kier alpha value is -7.54. The molecule has 12 aromatic rings. The molecule has 0 aromatic heterocycles. The van der Waals surface area contributed by atoms with Crippen LogP contribution in [0.15, 0.2) is 303 Å². The van der Waals surface area contributed by atoms with E-state index >= 15 is 0 Å². The molecule has 13 rings (SSSR count). The Labute approximate surface area is 852 Å². The molecule has 0 spiro atoms. The third kappa shape index (κ3) is 40.6. The Morgan fingerprint density at radius 3 is 0.714 bits per heavy atom. The molecule has 0 bridgehead atoms. The van der Waals surface area contributed by atoms with Gasteiger partial charge in [0.1, 0.15) is 0 Å². The summed E-state index contributed by atoms with van der Waals surface area (Å²) in [6.07, 6.45) is 0. The van der Waals surface area contributed by atoms with Gasteiger partial charge in [0.25, 0.3) is 0 Å². The number of benzene rings is 12. The van der Waals surface area contributed by atoms with Crippen molar-refractivity contribution in [3.05, 3.63) is 452 Å². The molecule has 16 nitrogen and oxygen atoms in total. The summed E-state index contributed by atoms with van der Waals surface area (Å²) in [7, 11) is -10.7. The number of aryl methyl sites for hydroxylation is 6. The van der Waals surface area contributed by atoms with Gasteiger partial charge in [0.15, 0.2) is 0 Å². The van der Waals surface area contributed by atoms with Crippen LogP contribution in [0.4, 0.5) is 28.4 Å². The SMILES string of the molecule is CC(C)c1cccc(C(C)C)c1[N-]P(=[OH+])(c1ccccc1)c1ccccc1.CC(C)c1cccc(C(C)C)c1[N-]P(=[OH+])(c1ccccc1)c1ccccc1.CCOP(=[OH+])([N-]c1c(C)cc(C)cc1C)OCC.CCOP(=[OH+])([N-]c1c(C)cc(C)cc1C)OCC.CN1CCN(C)P1(=[OH+])[N-]c1ccccc1.[CH2-]c1ccccc1.[CH2-]c1ccccc1.[CH2-]c1ccccc1.[CH3-].[CH3-].[CH3-].[CH3-].[Hf].[Ti+2].[Ti+2]. The molecule has 0 saturated carbocycles. The molecule has 12 aromatic carbocycles. The minimum atomic E-state index is -3.14. The van der Waals surface area contributed by atoms with Crippen LogP contribution in [0.1, 0.15) is 179 Å². The van der Waals surface area contributed by atoms with Crippen molar-refractivity contribution in [1.82, 2.24) is 9.34 Å². The zero-order valence-electron chi connectivity index (χ0n) is 83.3. The zero-order valence-corrected chi connectivity index (χ0v) is 94.5. The molecule has 1 aliphatic heterocycles. The fourth-order valence-electron chi connectivity index (χ4n) is 13.4. The average molecular weight is 2130 g/mol. The summed E-state index contributed by atoms with van der Waals surface area (Å²) in [5, 5.41) is 26.9. The third-order valence-electron chi connectivity index (χ3n) is 19.7. The van der Waals surface area contributed by atoms with Crippen LogP contribution in [0.5, 0.6) is 0 Å². The first-order valence-electron chi connectivity index (χ1n) is 43.1. The van der Waals surface area contributed by atoms with Crippen molar-refractivity contribution in [1.29, 1.82) is 0 Å². The van der Waals surface area contributed by atoms with E-state index in [0.29, 0.717) is 50.1 Å². The maximum atomic E-state index is 12.0. The second kappa shape index (κ2) is 64.5. The molecule has 0 unspecified atom stereocenters. The summed E-state index contributed by atoms with van der Waals surface area (Å²) in [6.45, 7) is 51.1. The minimum Gasteiger partial charge on any atom is -0.576 e. The van der Waals surface area contributed by atoms with Gasteiger partial charge in [-0.05, 0) is 156 Å². The van der Waals surface area contributed by atoms with Crippen molar-refractivity contribution in [2.75, 3.05) is 53.6 Å². The van der Waals surface area contributed by atoms with E-state index in [2.05, 4.69) is 128 Å². The van der Waals surface area contributed by atoms with Gasteiger partial charge < -0.3 is 68.8 Å². The van der Waals surface area contributed by atoms with Gasteiger partial charge in [-0.3, -0.25) is 27.2 Å². The molecule has 0 atom stereocenters. The Balaban J connectivity index is 0. The summed E-state index contributed by atoms with van der Waals surface area (Å²) >= 11 is 0. The van der Waals surface area contributed by atoms with Gasteiger partial charge in [0, 0.05) is 38.9 Å². The Morgan fingerprint density at radius 2 is 0.526 bits per heavy atom. The number of hydrogen-bond acceptors (Lipinski definition) is 4. The topological polar surface area (TPSA) is 221 Å². The van der Waals surface area contributed by atoms with Crippen molar-refractivity contribution in [3.8, 4) is 0 Å². The Bertz CT molecular complexity index is 4920. The number of nitrogens with zero attached hydrogens (tertiary/aromatic N) is 7. The molecule has 1 saturated heterocycles. The van der Waals surface area contributed by atoms with Crippen molar-refractivity contribution in [2.45, 2.75) is 148 Å². The van der Waals surface area contributed by atoms with Crippen LogP contribution < -0.4 is 21.2 Å². The van der Waals surface area contributed by atoms with E-state index in [1.165, 1.54) is 33.4 Å². The summed E-state index contributed by atoms with van der Waals surface area (Å²) < 4.78 is 80.0. The molecular weight excluding hydrogens is 1980 g/mol. The smallest absolute Gasteiger partial charge is 0.576 e. The van der Waals surface area contributed by atoms with E-state index in [9.17, 15) is 22.8 Å². The van der Waals surface area contributed by atoms with Gasteiger partial charge in [-0.25, -0.2) is 9.34 Å². The predicted octanol–water partition coefficient (Wildman–Crippen LogP) is 33.1. The first kappa shape index (κ1) is 127.